The van der Waals surface area contributed by atoms with Crippen molar-refractivity contribution in [2.75, 3.05) is 26.6 Å². The highest BCUT2D eigenvalue weighted by Gasteiger charge is 2.11. The van der Waals surface area contributed by atoms with E-state index in [0.29, 0.717) is 36.1 Å². The van der Waals surface area contributed by atoms with Crippen molar-refractivity contribution in [3.05, 3.63) is 36.4 Å². The Kier molecular flexibility index (Phi) is 4.69. The SMILES string of the molecule is COc1cc2nnn(CCCOc3ccccc3N)c2cc1OC. The van der Waals surface area contributed by atoms with Crippen LogP contribution in [-0.4, -0.2) is 35.8 Å². The van der Waals surface area contributed by atoms with Crippen LogP contribution in [0.1, 0.15) is 6.42 Å². The Bertz CT molecular complexity index is 832. The number of nitrogen functional groups attached to an aromatic ring is 1. The van der Waals surface area contributed by atoms with Gasteiger partial charge >= 0.3 is 0 Å². The molecule has 0 spiro atoms. The summed E-state index contributed by atoms with van der Waals surface area (Å²) in [6, 6.07) is 11.2. The van der Waals surface area contributed by atoms with Crippen molar-refractivity contribution in [1.82, 2.24) is 15.0 Å². The molecule has 0 atom stereocenters. The Morgan fingerprint density at radius 3 is 2.54 bits per heavy atom. The van der Waals surface area contributed by atoms with E-state index in [-0.39, 0.29) is 0 Å². The van der Waals surface area contributed by atoms with Crippen molar-refractivity contribution in [2.24, 2.45) is 0 Å². The molecule has 7 heteroatoms. The van der Waals surface area contributed by atoms with Crippen LogP contribution in [0, 0.1) is 0 Å². The molecule has 3 aromatic rings. The zero-order valence-electron chi connectivity index (χ0n) is 13.7. The molecule has 1 heterocycles. The minimum absolute atomic E-state index is 0.545. The standard InChI is InChI=1S/C17H20N4O3/c1-22-16-10-13-14(11-17(16)23-2)21(20-19-13)8-5-9-24-15-7-4-3-6-12(15)18/h3-4,6-7,10-11H,5,8-9,18H2,1-2H3. The highest BCUT2D eigenvalue weighted by Crippen LogP contribution is 2.31. The highest BCUT2D eigenvalue weighted by molar-refractivity contribution is 5.79. The Morgan fingerprint density at radius 1 is 1.04 bits per heavy atom. The summed E-state index contributed by atoms with van der Waals surface area (Å²) in [5.41, 5.74) is 8.15. The molecule has 0 radical (unpaired) electrons. The molecule has 0 amide bonds. The molecule has 24 heavy (non-hydrogen) atoms. The number of nitrogens with two attached hydrogens (primary N) is 1. The fraction of sp³-hybridized carbons (Fsp3) is 0.294. The van der Waals surface area contributed by atoms with Gasteiger partial charge in [-0.2, -0.15) is 0 Å². The molecular formula is C17H20N4O3. The van der Waals surface area contributed by atoms with Crippen LogP contribution in [0.2, 0.25) is 0 Å². The van der Waals surface area contributed by atoms with Crippen LogP contribution in [0.5, 0.6) is 17.2 Å². The number of hydrogen-bond donors (Lipinski definition) is 1. The zero-order chi connectivity index (χ0) is 16.9. The number of nitrogens with zero attached hydrogens (tertiary/aromatic N) is 3. The molecule has 0 saturated carbocycles. The predicted molar refractivity (Wildman–Crippen MR) is 91.6 cm³/mol. The Hall–Kier alpha value is -2.96. The lowest BCUT2D eigenvalue weighted by Gasteiger charge is -2.09. The van der Waals surface area contributed by atoms with Gasteiger partial charge in [-0.1, -0.05) is 17.3 Å². The van der Waals surface area contributed by atoms with Crippen molar-refractivity contribution in [3.63, 3.8) is 0 Å². The number of hydrogen-bond acceptors (Lipinski definition) is 6. The summed E-state index contributed by atoms with van der Waals surface area (Å²) < 4.78 is 18.1. The average molecular weight is 328 g/mol. The molecule has 0 aliphatic rings. The molecule has 2 aromatic carbocycles. The van der Waals surface area contributed by atoms with Gasteiger partial charge in [0.05, 0.1) is 32.0 Å². The number of aromatic nitrogens is 3. The number of methoxy groups -OCH3 is 2. The second kappa shape index (κ2) is 7.08. The summed E-state index contributed by atoms with van der Waals surface area (Å²) in [5.74, 6) is 1.99. The van der Waals surface area contributed by atoms with Gasteiger partial charge in [0.25, 0.3) is 0 Å². The molecule has 0 bridgehead atoms. The summed E-state index contributed by atoms with van der Waals surface area (Å²) in [7, 11) is 3.21. The van der Waals surface area contributed by atoms with Crippen LogP contribution in [0.15, 0.2) is 36.4 Å². The fourth-order valence-electron chi connectivity index (χ4n) is 2.47. The fourth-order valence-corrected chi connectivity index (χ4v) is 2.47. The molecule has 0 fully saturated rings. The maximum atomic E-state index is 5.85. The third kappa shape index (κ3) is 3.19. The smallest absolute Gasteiger partial charge is 0.163 e. The molecule has 0 saturated heterocycles. The number of aryl methyl sites for hydroxylation is 1. The monoisotopic (exact) mass is 328 g/mol. The maximum absolute atomic E-state index is 5.85. The van der Waals surface area contributed by atoms with E-state index in [9.17, 15) is 0 Å². The quantitative estimate of drug-likeness (QED) is 0.530. The second-order valence-corrected chi connectivity index (χ2v) is 5.25. The van der Waals surface area contributed by atoms with Crippen molar-refractivity contribution in [1.29, 1.82) is 0 Å². The van der Waals surface area contributed by atoms with Gasteiger partial charge in [0, 0.05) is 25.1 Å². The first kappa shape index (κ1) is 15.9. The Balaban J connectivity index is 1.66. The van der Waals surface area contributed by atoms with Crippen LogP contribution >= 0.6 is 0 Å². The first-order valence-electron chi connectivity index (χ1n) is 7.65. The lowest BCUT2D eigenvalue weighted by molar-refractivity contribution is 0.300. The summed E-state index contributed by atoms with van der Waals surface area (Å²) >= 11 is 0. The van der Waals surface area contributed by atoms with Gasteiger partial charge in [-0.15, -0.1) is 5.10 Å². The minimum atomic E-state index is 0.545. The summed E-state index contributed by atoms with van der Waals surface area (Å²) in [6.45, 7) is 1.22. The molecule has 3 rings (SSSR count). The summed E-state index contributed by atoms with van der Waals surface area (Å²) in [6.07, 6.45) is 0.779. The Morgan fingerprint density at radius 2 is 1.79 bits per heavy atom. The van der Waals surface area contributed by atoms with E-state index < -0.39 is 0 Å². The van der Waals surface area contributed by atoms with E-state index in [1.165, 1.54) is 0 Å². The summed E-state index contributed by atoms with van der Waals surface area (Å²) in [4.78, 5) is 0. The van der Waals surface area contributed by atoms with Crippen molar-refractivity contribution in [2.45, 2.75) is 13.0 Å². The molecule has 0 unspecified atom stereocenters. The molecule has 0 aliphatic heterocycles. The van der Waals surface area contributed by atoms with Crippen molar-refractivity contribution in [3.8, 4) is 17.2 Å². The molecule has 7 nitrogen and oxygen atoms in total. The van der Waals surface area contributed by atoms with Gasteiger partial charge in [0.2, 0.25) is 0 Å². The van der Waals surface area contributed by atoms with Gasteiger partial charge < -0.3 is 19.9 Å². The molecule has 1 aromatic heterocycles. The van der Waals surface area contributed by atoms with E-state index >= 15 is 0 Å². The van der Waals surface area contributed by atoms with E-state index in [1.54, 1.807) is 14.2 Å². The first-order chi connectivity index (χ1) is 11.7. The van der Waals surface area contributed by atoms with Gasteiger partial charge in [-0.05, 0) is 12.1 Å². The van der Waals surface area contributed by atoms with Crippen LogP contribution in [0.4, 0.5) is 5.69 Å². The topological polar surface area (TPSA) is 84.4 Å². The normalized spacial score (nSPS) is 10.8. The number of fused-ring (bicyclic) bond motifs is 1. The van der Waals surface area contributed by atoms with Crippen LogP contribution in [-0.2, 0) is 6.54 Å². The van der Waals surface area contributed by atoms with Gasteiger partial charge in [-0.25, -0.2) is 4.68 Å². The number of anilines is 1. The Labute approximate surface area is 139 Å². The molecule has 126 valence electrons. The third-order valence-corrected chi connectivity index (χ3v) is 3.71. The largest absolute Gasteiger partial charge is 0.493 e. The highest BCUT2D eigenvalue weighted by atomic mass is 16.5. The predicted octanol–water partition coefficient (Wildman–Crippen LogP) is 2.50. The van der Waals surface area contributed by atoms with Gasteiger partial charge in [0.1, 0.15) is 11.3 Å². The minimum Gasteiger partial charge on any atom is -0.493 e. The number of para-hydroxylation sites is 2. The number of ether oxygens (including phenoxy) is 3. The third-order valence-electron chi connectivity index (χ3n) is 3.71. The van der Waals surface area contributed by atoms with E-state index in [4.69, 9.17) is 19.9 Å². The molecular weight excluding hydrogens is 308 g/mol. The van der Waals surface area contributed by atoms with Crippen LogP contribution in [0.25, 0.3) is 11.0 Å². The van der Waals surface area contributed by atoms with E-state index in [1.807, 2.05) is 41.1 Å². The van der Waals surface area contributed by atoms with Crippen LogP contribution in [0.3, 0.4) is 0 Å². The van der Waals surface area contributed by atoms with Gasteiger partial charge in [-0.3, -0.25) is 0 Å². The lowest BCUT2D eigenvalue weighted by atomic mass is 10.2. The maximum Gasteiger partial charge on any atom is 0.163 e. The van der Waals surface area contributed by atoms with Crippen molar-refractivity contribution >= 4 is 16.7 Å². The first-order valence-corrected chi connectivity index (χ1v) is 7.65. The van der Waals surface area contributed by atoms with Crippen molar-refractivity contribution < 1.29 is 14.2 Å². The van der Waals surface area contributed by atoms with Gasteiger partial charge in [0.15, 0.2) is 11.5 Å². The molecule has 0 aliphatic carbocycles. The van der Waals surface area contributed by atoms with Crippen LogP contribution < -0.4 is 19.9 Å². The zero-order valence-corrected chi connectivity index (χ0v) is 13.7. The number of benzene rings is 2. The summed E-state index contributed by atoms with van der Waals surface area (Å²) in [5, 5.41) is 8.35. The van der Waals surface area contributed by atoms with E-state index in [2.05, 4.69) is 10.3 Å². The average Bonchev–Trinajstić information content (AvgIpc) is 3.00. The lowest BCUT2D eigenvalue weighted by Crippen LogP contribution is -2.07. The number of rotatable bonds is 7. The van der Waals surface area contributed by atoms with E-state index in [0.717, 1.165) is 17.5 Å². The molecule has 2 N–H and O–H groups in total. The second-order valence-electron chi connectivity index (χ2n) is 5.25.